The number of benzene rings is 1. The molecule has 0 aliphatic carbocycles. The van der Waals surface area contributed by atoms with Crippen LogP contribution in [0.2, 0.25) is 0 Å². The average molecular weight is 189 g/mol. The topological polar surface area (TPSA) is 0 Å². The first-order valence-electron chi connectivity index (χ1n) is 4.23. The minimum absolute atomic E-state index is 0.413. The summed E-state index contributed by atoms with van der Waals surface area (Å²) in [5.41, 5.74) is 0. The van der Waals surface area contributed by atoms with E-state index < -0.39 is 0 Å². The number of allylic oxidation sites excluding steroid dienone is 1. The van der Waals surface area contributed by atoms with Gasteiger partial charge in [-0.2, -0.15) is 0 Å². The molecule has 0 saturated heterocycles. The van der Waals surface area contributed by atoms with Crippen LogP contribution in [0, 0.1) is 6.07 Å². The van der Waals surface area contributed by atoms with Crippen molar-refractivity contribution < 1.29 is 0 Å². The Labute approximate surface area is 84.4 Å². The Hall–Kier alpha value is -0.950. The molecule has 0 bridgehead atoms. The summed E-state index contributed by atoms with van der Waals surface area (Å²) in [6.45, 7) is 7.51. The minimum Gasteiger partial charge on any atom is -0.118 e. The number of hydrogen-bond acceptors (Lipinski definition) is 1. The minimum atomic E-state index is 0.413. The molecule has 0 aliphatic rings. The van der Waals surface area contributed by atoms with Gasteiger partial charge in [0.05, 0.1) is 0 Å². The Morgan fingerprint density at radius 2 is 2.31 bits per heavy atom. The van der Waals surface area contributed by atoms with Crippen molar-refractivity contribution in [2.24, 2.45) is 0 Å². The largest absolute Gasteiger partial charge is 0.118 e. The molecule has 0 saturated carbocycles. The van der Waals surface area contributed by atoms with Crippen LogP contribution in [0.15, 0.2) is 54.5 Å². The predicted molar refractivity (Wildman–Crippen MR) is 59.9 cm³/mol. The van der Waals surface area contributed by atoms with Gasteiger partial charge in [-0.3, -0.25) is 0 Å². The van der Waals surface area contributed by atoms with Gasteiger partial charge >= 0.3 is 0 Å². The SMILES string of the molecule is C=CCC(C=C)Sc1[c]cccc1. The van der Waals surface area contributed by atoms with Crippen LogP contribution < -0.4 is 0 Å². The maximum Gasteiger partial charge on any atom is 0.0306 e. The first-order valence-corrected chi connectivity index (χ1v) is 5.11. The molecular weight excluding hydrogens is 176 g/mol. The van der Waals surface area contributed by atoms with Crippen LogP contribution >= 0.6 is 11.8 Å². The summed E-state index contributed by atoms with van der Waals surface area (Å²) >= 11 is 1.77. The third-order valence-electron chi connectivity index (χ3n) is 1.62. The molecule has 1 aromatic rings. The standard InChI is InChI=1S/C12H13S/c1-3-8-11(4-2)13-12-9-6-5-7-10-12/h3-7,9,11H,1-2,8H2. The van der Waals surface area contributed by atoms with Gasteiger partial charge in [0.15, 0.2) is 0 Å². The third-order valence-corrected chi connectivity index (χ3v) is 2.82. The lowest BCUT2D eigenvalue weighted by atomic mass is 10.3. The van der Waals surface area contributed by atoms with E-state index in [0.29, 0.717) is 5.25 Å². The highest BCUT2D eigenvalue weighted by atomic mass is 32.2. The van der Waals surface area contributed by atoms with E-state index in [9.17, 15) is 0 Å². The first-order chi connectivity index (χ1) is 6.36. The highest BCUT2D eigenvalue weighted by Gasteiger charge is 2.02. The lowest BCUT2D eigenvalue weighted by Gasteiger charge is -2.08. The van der Waals surface area contributed by atoms with Crippen LogP contribution in [0.3, 0.4) is 0 Å². The van der Waals surface area contributed by atoms with Gasteiger partial charge in [0, 0.05) is 10.1 Å². The van der Waals surface area contributed by atoms with Crippen LogP contribution in [0.5, 0.6) is 0 Å². The molecule has 1 rings (SSSR count). The highest BCUT2D eigenvalue weighted by molar-refractivity contribution is 8.00. The number of hydrogen-bond donors (Lipinski definition) is 0. The normalized spacial score (nSPS) is 12.0. The number of thioether (sulfide) groups is 1. The van der Waals surface area contributed by atoms with Crippen molar-refractivity contribution >= 4 is 11.8 Å². The van der Waals surface area contributed by atoms with Gasteiger partial charge in [-0.15, -0.1) is 24.9 Å². The van der Waals surface area contributed by atoms with E-state index in [1.807, 2.05) is 30.4 Å². The summed E-state index contributed by atoms with van der Waals surface area (Å²) < 4.78 is 0. The lowest BCUT2D eigenvalue weighted by molar-refractivity contribution is 1.08. The zero-order chi connectivity index (χ0) is 9.52. The van der Waals surface area contributed by atoms with E-state index in [-0.39, 0.29) is 0 Å². The van der Waals surface area contributed by atoms with E-state index in [0.717, 1.165) is 11.3 Å². The van der Waals surface area contributed by atoms with Crippen molar-refractivity contribution in [3.8, 4) is 0 Å². The summed E-state index contributed by atoms with van der Waals surface area (Å²) in [5.74, 6) is 0. The van der Waals surface area contributed by atoms with Gasteiger partial charge in [-0.1, -0.05) is 30.4 Å². The number of rotatable bonds is 5. The van der Waals surface area contributed by atoms with E-state index in [1.165, 1.54) is 0 Å². The monoisotopic (exact) mass is 189 g/mol. The second-order valence-electron chi connectivity index (χ2n) is 2.64. The van der Waals surface area contributed by atoms with Crippen LogP contribution in [0.25, 0.3) is 0 Å². The van der Waals surface area contributed by atoms with Crippen molar-refractivity contribution in [2.75, 3.05) is 0 Å². The Morgan fingerprint density at radius 1 is 1.46 bits per heavy atom. The smallest absolute Gasteiger partial charge is 0.0306 e. The Bertz CT molecular complexity index is 264. The summed E-state index contributed by atoms with van der Waals surface area (Å²) in [5, 5.41) is 0.413. The molecule has 1 atom stereocenters. The molecule has 0 N–H and O–H groups in total. The van der Waals surface area contributed by atoms with Crippen LogP contribution in [0.1, 0.15) is 6.42 Å². The maximum atomic E-state index is 3.79. The van der Waals surface area contributed by atoms with E-state index in [1.54, 1.807) is 11.8 Å². The van der Waals surface area contributed by atoms with Gasteiger partial charge in [-0.05, 0) is 18.6 Å². The maximum absolute atomic E-state index is 3.79. The Balaban J connectivity index is 2.56. The van der Waals surface area contributed by atoms with Crippen LogP contribution in [-0.4, -0.2) is 5.25 Å². The molecule has 1 radical (unpaired) electrons. The molecule has 13 heavy (non-hydrogen) atoms. The molecule has 0 nitrogen and oxygen atoms in total. The van der Waals surface area contributed by atoms with Crippen molar-refractivity contribution in [3.63, 3.8) is 0 Å². The second kappa shape index (κ2) is 5.65. The second-order valence-corrected chi connectivity index (χ2v) is 3.92. The summed E-state index contributed by atoms with van der Waals surface area (Å²) in [7, 11) is 0. The van der Waals surface area contributed by atoms with Crippen LogP contribution in [0.4, 0.5) is 0 Å². The highest BCUT2D eigenvalue weighted by Crippen LogP contribution is 2.25. The molecule has 1 aromatic carbocycles. The van der Waals surface area contributed by atoms with E-state index >= 15 is 0 Å². The molecule has 0 amide bonds. The summed E-state index contributed by atoms with van der Waals surface area (Å²) in [6.07, 6.45) is 4.83. The zero-order valence-electron chi connectivity index (χ0n) is 7.57. The third kappa shape index (κ3) is 3.51. The molecular formula is C12H13S. The van der Waals surface area contributed by atoms with Crippen molar-refractivity contribution in [2.45, 2.75) is 16.6 Å². The van der Waals surface area contributed by atoms with Crippen molar-refractivity contribution in [3.05, 3.63) is 55.6 Å². The summed E-state index contributed by atoms with van der Waals surface area (Å²) in [6, 6.07) is 11.2. The molecule has 0 spiro atoms. The predicted octanol–water partition coefficient (Wildman–Crippen LogP) is 3.71. The molecule has 0 fully saturated rings. The van der Waals surface area contributed by atoms with Gasteiger partial charge in [0.1, 0.15) is 0 Å². The van der Waals surface area contributed by atoms with Gasteiger partial charge in [0.2, 0.25) is 0 Å². The van der Waals surface area contributed by atoms with Crippen LogP contribution in [-0.2, 0) is 0 Å². The molecule has 0 aromatic heterocycles. The van der Waals surface area contributed by atoms with E-state index in [2.05, 4.69) is 25.3 Å². The fraction of sp³-hybridized carbons (Fsp3) is 0.167. The van der Waals surface area contributed by atoms with E-state index in [4.69, 9.17) is 0 Å². The molecule has 0 heterocycles. The lowest BCUT2D eigenvalue weighted by Crippen LogP contribution is -1.94. The van der Waals surface area contributed by atoms with Gasteiger partial charge < -0.3 is 0 Å². The fourth-order valence-corrected chi connectivity index (χ4v) is 1.92. The first kappa shape index (κ1) is 10.1. The average Bonchev–Trinajstić information content (AvgIpc) is 2.19. The molecule has 1 heteroatoms. The molecule has 67 valence electrons. The summed E-state index contributed by atoms with van der Waals surface area (Å²) in [4.78, 5) is 1.16. The quantitative estimate of drug-likeness (QED) is 0.502. The van der Waals surface area contributed by atoms with Crippen molar-refractivity contribution in [1.82, 2.24) is 0 Å². The fourth-order valence-electron chi connectivity index (χ4n) is 0.970. The Kier molecular flexibility index (Phi) is 4.41. The van der Waals surface area contributed by atoms with Gasteiger partial charge in [0.25, 0.3) is 0 Å². The molecule has 1 unspecified atom stereocenters. The zero-order valence-corrected chi connectivity index (χ0v) is 8.39. The van der Waals surface area contributed by atoms with Gasteiger partial charge in [-0.25, -0.2) is 0 Å². The Morgan fingerprint density at radius 3 is 2.85 bits per heavy atom. The molecule has 0 aliphatic heterocycles. The van der Waals surface area contributed by atoms with Crippen molar-refractivity contribution in [1.29, 1.82) is 0 Å².